The van der Waals surface area contributed by atoms with E-state index in [1.165, 1.54) is 23.6 Å². The van der Waals surface area contributed by atoms with Gasteiger partial charge in [-0.1, -0.05) is 12.1 Å². The van der Waals surface area contributed by atoms with Gasteiger partial charge >= 0.3 is 0 Å². The van der Waals surface area contributed by atoms with Gasteiger partial charge in [-0.25, -0.2) is 13.4 Å². The van der Waals surface area contributed by atoms with Crippen LogP contribution in [0.1, 0.15) is 4.88 Å². The zero-order valence-electron chi connectivity index (χ0n) is 7.83. The fraction of sp³-hybridized carbons (Fsp3) is 0.100. The van der Waals surface area contributed by atoms with Gasteiger partial charge in [0.25, 0.3) is 0 Å². The maximum absolute atomic E-state index is 11.8. The predicted molar refractivity (Wildman–Crippen MR) is 59.4 cm³/mol. The van der Waals surface area contributed by atoms with Crippen LogP contribution in [0.4, 0.5) is 0 Å². The molecule has 0 radical (unpaired) electrons. The van der Waals surface area contributed by atoms with E-state index in [2.05, 4.69) is 4.98 Å². The molecule has 0 saturated heterocycles. The number of aromatic nitrogens is 1. The van der Waals surface area contributed by atoms with Gasteiger partial charge < -0.3 is 0 Å². The van der Waals surface area contributed by atoms with Crippen molar-refractivity contribution >= 4 is 21.2 Å². The van der Waals surface area contributed by atoms with E-state index in [1.54, 1.807) is 12.1 Å². The molecule has 0 fully saturated rings. The number of hydrogen-bond acceptors (Lipinski definition) is 4. The molecule has 2 aromatic heterocycles. The van der Waals surface area contributed by atoms with Crippen molar-refractivity contribution in [3.05, 3.63) is 46.8 Å². The van der Waals surface area contributed by atoms with Gasteiger partial charge in [0.2, 0.25) is 9.84 Å². The first-order valence-electron chi connectivity index (χ1n) is 4.35. The molecule has 0 amide bonds. The minimum Gasteiger partial charge on any atom is -0.245 e. The predicted octanol–water partition coefficient (Wildman–Crippen LogP) is 2.12. The maximum Gasteiger partial charge on any atom is 0.200 e. The lowest BCUT2D eigenvalue weighted by Crippen LogP contribution is -2.05. The molecule has 0 bridgehead atoms. The zero-order valence-corrected chi connectivity index (χ0v) is 9.46. The lowest BCUT2D eigenvalue weighted by atomic mass is 10.5. The van der Waals surface area contributed by atoms with Gasteiger partial charge in [0, 0.05) is 11.1 Å². The minimum absolute atomic E-state index is 0.0294. The van der Waals surface area contributed by atoms with Gasteiger partial charge in [-0.15, -0.1) is 11.3 Å². The molecule has 0 saturated carbocycles. The lowest BCUT2D eigenvalue weighted by molar-refractivity contribution is 0.592. The third-order valence-electron chi connectivity index (χ3n) is 1.87. The molecule has 0 spiro atoms. The molecule has 3 nitrogen and oxygen atoms in total. The number of sulfone groups is 1. The molecule has 2 heterocycles. The van der Waals surface area contributed by atoms with Crippen LogP contribution < -0.4 is 0 Å². The summed E-state index contributed by atoms with van der Waals surface area (Å²) in [6.07, 6.45) is 1.49. The van der Waals surface area contributed by atoms with Crippen molar-refractivity contribution in [1.29, 1.82) is 0 Å². The van der Waals surface area contributed by atoms with Crippen LogP contribution in [-0.4, -0.2) is 13.4 Å². The molecule has 2 aromatic rings. The Morgan fingerprint density at radius 3 is 2.67 bits per heavy atom. The van der Waals surface area contributed by atoms with Gasteiger partial charge in [0.15, 0.2) is 5.03 Å². The van der Waals surface area contributed by atoms with Crippen molar-refractivity contribution in [2.75, 3.05) is 0 Å². The van der Waals surface area contributed by atoms with Gasteiger partial charge in [0.1, 0.15) is 0 Å². The molecule has 2 rings (SSSR count). The van der Waals surface area contributed by atoms with Crippen molar-refractivity contribution in [2.45, 2.75) is 10.8 Å². The second kappa shape index (κ2) is 4.12. The number of hydrogen-bond donors (Lipinski definition) is 0. The molecule has 15 heavy (non-hydrogen) atoms. The fourth-order valence-corrected chi connectivity index (χ4v) is 3.54. The summed E-state index contributed by atoms with van der Waals surface area (Å²) in [4.78, 5) is 4.68. The summed E-state index contributed by atoms with van der Waals surface area (Å²) in [6, 6.07) is 8.54. The summed E-state index contributed by atoms with van der Waals surface area (Å²) >= 11 is 1.44. The fourth-order valence-electron chi connectivity index (χ4n) is 1.19. The Labute approximate surface area is 92.3 Å². The normalized spacial score (nSPS) is 11.5. The smallest absolute Gasteiger partial charge is 0.200 e. The highest BCUT2D eigenvalue weighted by Crippen LogP contribution is 2.17. The second-order valence-corrected chi connectivity index (χ2v) is 5.98. The number of nitrogens with zero attached hydrogens (tertiary/aromatic N) is 1. The van der Waals surface area contributed by atoms with E-state index in [-0.39, 0.29) is 10.8 Å². The molecule has 0 aromatic carbocycles. The molecule has 78 valence electrons. The summed E-state index contributed by atoms with van der Waals surface area (Å²) in [5.74, 6) is 0.0294. The number of thiophene rings is 1. The van der Waals surface area contributed by atoms with Crippen LogP contribution in [0.2, 0.25) is 0 Å². The van der Waals surface area contributed by atoms with Crippen LogP contribution in [0, 0.1) is 0 Å². The molecule has 0 unspecified atom stereocenters. The topological polar surface area (TPSA) is 47.0 Å². The van der Waals surface area contributed by atoms with Gasteiger partial charge in [-0.3, -0.25) is 0 Å². The largest absolute Gasteiger partial charge is 0.245 e. The highest BCUT2D eigenvalue weighted by molar-refractivity contribution is 7.90. The molecule has 0 atom stereocenters. The van der Waals surface area contributed by atoms with E-state index in [1.807, 2.05) is 17.5 Å². The van der Waals surface area contributed by atoms with Gasteiger partial charge in [-0.05, 0) is 23.6 Å². The molecular weight excluding hydrogens is 230 g/mol. The first kappa shape index (κ1) is 10.3. The Morgan fingerprint density at radius 1 is 1.20 bits per heavy atom. The van der Waals surface area contributed by atoms with Crippen molar-refractivity contribution in [2.24, 2.45) is 0 Å². The molecule has 5 heteroatoms. The SMILES string of the molecule is O=S(=O)(Cc1cccs1)c1ccccn1. The Morgan fingerprint density at radius 2 is 2.07 bits per heavy atom. The van der Waals surface area contributed by atoms with Crippen LogP contribution in [-0.2, 0) is 15.6 Å². The third-order valence-corrected chi connectivity index (χ3v) is 4.50. The molecule has 0 N–H and O–H groups in total. The summed E-state index contributed by atoms with van der Waals surface area (Å²) < 4.78 is 23.7. The van der Waals surface area contributed by atoms with Crippen LogP contribution >= 0.6 is 11.3 Å². The Kier molecular flexibility index (Phi) is 2.83. The maximum atomic E-state index is 11.8. The molecule has 0 aliphatic rings. The average Bonchev–Trinajstić information content (AvgIpc) is 2.71. The Bertz CT molecular complexity index is 518. The quantitative estimate of drug-likeness (QED) is 0.824. The molecular formula is C10H9NO2S2. The third kappa shape index (κ3) is 2.43. The van der Waals surface area contributed by atoms with E-state index < -0.39 is 9.84 Å². The van der Waals surface area contributed by atoms with Crippen molar-refractivity contribution in [1.82, 2.24) is 4.98 Å². The lowest BCUT2D eigenvalue weighted by Gasteiger charge is -2.00. The summed E-state index contributed by atoms with van der Waals surface area (Å²) in [7, 11) is -3.28. The van der Waals surface area contributed by atoms with Crippen LogP contribution in [0.25, 0.3) is 0 Å². The number of pyridine rings is 1. The van der Waals surface area contributed by atoms with Crippen molar-refractivity contribution < 1.29 is 8.42 Å². The molecule has 0 aliphatic heterocycles. The first-order valence-corrected chi connectivity index (χ1v) is 6.88. The first-order chi connectivity index (χ1) is 7.18. The van der Waals surface area contributed by atoms with Gasteiger partial charge in [-0.2, -0.15) is 0 Å². The van der Waals surface area contributed by atoms with Crippen LogP contribution in [0.15, 0.2) is 46.9 Å². The second-order valence-electron chi connectivity index (χ2n) is 3.01. The monoisotopic (exact) mass is 239 g/mol. The van der Waals surface area contributed by atoms with Crippen molar-refractivity contribution in [3.63, 3.8) is 0 Å². The Hall–Kier alpha value is -1.20. The van der Waals surface area contributed by atoms with E-state index >= 15 is 0 Å². The average molecular weight is 239 g/mol. The van der Waals surface area contributed by atoms with Crippen molar-refractivity contribution in [3.8, 4) is 0 Å². The van der Waals surface area contributed by atoms with Gasteiger partial charge in [0.05, 0.1) is 5.75 Å². The minimum atomic E-state index is -3.28. The van der Waals surface area contributed by atoms with Crippen LogP contribution in [0.3, 0.4) is 0 Å². The summed E-state index contributed by atoms with van der Waals surface area (Å²) in [6.45, 7) is 0. The standard InChI is InChI=1S/C10H9NO2S2/c12-15(13,8-9-4-3-7-14-9)10-5-1-2-6-11-10/h1-7H,8H2. The Balaban J connectivity index is 2.29. The van der Waals surface area contributed by atoms with E-state index in [0.29, 0.717) is 0 Å². The zero-order chi connectivity index (χ0) is 10.7. The highest BCUT2D eigenvalue weighted by atomic mass is 32.2. The van der Waals surface area contributed by atoms with E-state index in [0.717, 1.165) is 4.88 Å². The molecule has 0 aliphatic carbocycles. The highest BCUT2D eigenvalue weighted by Gasteiger charge is 2.16. The number of rotatable bonds is 3. The van der Waals surface area contributed by atoms with Crippen LogP contribution in [0.5, 0.6) is 0 Å². The summed E-state index contributed by atoms with van der Waals surface area (Å²) in [5.41, 5.74) is 0. The summed E-state index contributed by atoms with van der Waals surface area (Å²) in [5, 5.41) is 2.00. The van der Waals surface area contributed by atoms with E-state index in [9.17, 15) is 8.42 Å². The van der Waals surface area contributed by atoms with E-state index in [4.69, 9.17) is 0 Å².